The van der Waals surface area contributed by atoms with Crippen molar-refractivity contribution in [3.05, 3.63) is 29.8 Å². The van der Waals surface area contributed by atoms with Gasteiger partial charge in [-0.15, -0.1) is 0 Å². The molecule has 2 atom stereocenters. The molecule has 0 heterocycles. The second kappa shape index (κ2) is 6.22. The van der Waals surface area contributed by atoms with Crippen LogP contribution in [0.15, 0.2) is 24.3 Å². The maximum atomic E-state index is 10.6. The SMILES string of the molecule is COc1cccc([C@H](C)NCC(N)C(=O)O)c1. The van der Waals surface area contributed by atoms with Gasteiger partial charge in [0, 0.05) is 12.6 Å². The summed E-state index contributed by atoms with van der Waals surface area (Å²) in [7, 11) is 1.61. The summed E-state index contributed by atoms with van der Waals surface area (Å²) in [5, 5.41) is 11.7. The average Bonchev–Trinajstić information content (AvgIpc) is 2.35. The van der Waals surface area contributed by atoms with Crippen molar-refractivity contribution in [3.8, 4) is 5.75 Å². The fraction of sp³-hybridized carbons (Fsp3) is 0.417. The Labute approximate surface area is 101 Å². The quantitative estimate of drug-likeness (QED) is 0.681. The number of carboxylic acid groups (broad SMARTS) is 1. The molecule has 4 N–H and O–H groups in total. The second-order valence-corrected chi connectivity index (χ2v) is 3.85. The lowest BCUT2D eigenvalue weighted by atomic mass is 10.1. The third-order valence-electron chi connectivity index (χ3n) is 2.55. The number of methoxy groups -OCH3 is 1. The number of rotatable bonds is 6. The molecule has 0 aliphatic carbocycles. The van der Waals surface area contributed by atoms with E-state index in [1.54, 1.807) is 7.11 Å². The molecule has 0 aliphatic heterocycles. The summed E-state index contributed by atoms with van der Waals surface area (Å²) in [5.41, 5.74) is 6.44. The summed E-state index contributed by atoms with van der Waals surface area (Å²) in [6.07, 6.45) is 0. The summed E-state index contributed by atoms with van der Waals surface area (Å²) in [6, 6.07) is 6.75. The summed E-state index contributed by atoms with van der Waals surface area (Å²) in [6.45, 7) is 2.18. The first-order valence-electron chi connectivity index (χ1n) is 5.40. The van der Waals surface area contributed by atoms with Crippen LogP contribution < -0.4 is 15.8 Å². The monoisotopic (exact) mass is 238 g/mol. The molecule has 0 bridgehead atoms. The van der Waals surface area contributed by atoms with Gasteiger partial charge in [-0.1, -0.05) is 12.1 Å². The molecule has 0 aliphatic rings. The van der Waals surface area contributed by atoms with Crippen molar-refractivity contribution in [3.63, 3.8) is 0 Å². The highest BCUT2D eigenvalue weighted by Gasteiger charge is 2.13. The molecule has 0 spiro atoms. The van der Waals surface area contributed by atoms with Crippen molar-refractivity contribution in [2.45, 2.75) is 19.0 Å². The lowest BCUT2D eigenvalue weighted by molar-refractivity contribution is -0.138. The highest BCUT2D eigenvalue weighted by Crippen LogP contribution is 2.18. The van der Waals surface area contributed by atoms with Gasteiger partial charge in [-0.2, -0.15) is 0 Å². The Balaban J connectivity index is 2.57. The van der Waals surface area contributed by atoms with Gasteiger partial charge in [0.1, 0.15) is 11.8 Å². The van der Waals surface area contributed by atoms with Crippen LogP contribution in [-0.4, -0.2) is 30.8 Å². The largest absolute Gasteiger partial charge is 0.497 e. The van der Waals surface area contributed by atoms with E-state index in [1.807, 2.05) is 31.2 Å². The Bertz CT molecular complexity index is 382. The molecule has 17 heavy (non-hydrogen) atoms. The van der Waals surface area contributed by atoms with Crippen LogP contribution in [0.25, 0.3) is 0 Å². The topological polar surface area (TPSA) is 84.6 Å². The van der Waals surface area contributed by atoms with Crippen LogP contribution in [0, 0.1) is 0 Å². The van der Waals surface area contributed by atoms with Gasteiger partial charge in [-0.3, -0.25) is 4.79 Å². The number of nitrogens with one attached hydrogen (secondary N) is 1. The zero-order chi connectivity index (χ0) is 12.8. The third kappa shape index (κ3) is 4.05. The molecule has 0 saturated carbocycles. The fourth-order valence-corrected chi connectivity index (χ4v) is 1.42. The molecule has 0 aromatic heterocycles. The number of ether oxygens (including phenoxy) is 1. The average molecular weight is 238 g/mol. The lowest BCUT2D eigenvalue weighted by Gasteiger charge is -2.16. The summed E-state index contributed by atoms with van der Waals surface area (Å²) in [4.78, 5) is 10.6. The number of carbonyl (C=O) groups is 1. The van der Waals surface area contributed by atoms with E-state index in [1.165, 1.54) is 0 Å². The number of hydrogen-bond donors (Lipinski definition) is 3. The van der Waals surface area contributed by atoms with Gasteiger partial charge in [0.15, 0.2) is 0 Å². The highest BCUT2D eigenvalue weighted by molar-refractivity contribution is 5.73. The van der Waals surface area contributed by atoms with E-state index < -0.39 is 12.0 Å². The van der Waals surface area contributed by atoms with Gasteiger partial charge in [0.2, 0.25) is 0 Å². The van der Waals surface area contributed by atoms with Crippen LogP contribution in [0.1, 0.15) is 18.5 Å². The molecule has 5 heteroatoms. The number of carboxylic acids is 1. The second-order valence-electron chi connectivity index (χ2n) is 3.85. The Morgan fingerprint density at radius 2 is 2.29 bits per heavy atom. The first kappa shape index (κ1) is 13.5. The van der Waals surface area contributed by atoms with Crippen LogP contribution in [0.2, 0.25) is 0 Å². The highest BCUT2D eigenvalue weighted by atomic mass is 16.5. The molecule has 1 aromatic carbocycles. The van der Waals surface area contributed by atoms with Crippen molar-refractivity contribution < 1.29 is 14.6 Å². The smallest absolute Gasteiger partial charge is 0.321 e. The predicted octanol–water partition coefficient (Wildman–Crippen LogP) is 0.758. The molecular formula is C12H18N2O3. The number of hydrogen-bond acceptors (Lipinski definition) is 4. The predicted molar refractivity (Wildman–Crippen MR) is 65.0 cm³/mol. The van der Waals surface area contributed by atoms with E-state index in [0.29, 0.717) is 0 Å². The van der Waals surface area contributed by atoms with Crippen LogP contribution in [-0.2, 0) is 4.79 Å². The van der Waals surface area contributed by atoms with Crippen molar-refractivity contribution in [2.24, 2.45) is 5.73 Å². The van der Waals surface area contributed by atoms with Crippen molar-refractivity contribution in [1.29, 1.82) is 0 Å². The minimum absolute atomic E-state index is 0.0236. The zero-order valence-corrected chi connectivity index (χ0v) is 10.0. The first-order valence-corrected chi connectivity index (χ1v) is 5.40. The Hall–Kier alpha value is -1.59. The molecule has 1 unspecified atom stereocenters. The van der Waals surface area contributed by atoms with E-state index >= 15 is 0 Å². The molecule has 1 rings (SSSR count). The third-order valence-corrected chi connectivity index (χ3v) is 2.55. The van der Waals surface area contributed by atoms with Gasteiger partial charge in [-0.25, -0.2) is 0 Å². The normalized spacial score (nSPS) is 14.1. The van der Waals surface area contributed by atoms with E-state index in [-0.39, 0.29) is 12.6 Å². The van der Waals surface area contributed by atoms with Gasteiger partial charge >= 0.3 is 5.97 Å². The molecule has 94 valence electrons. The van der Waals surface area contributed by atoms with E-state index in [0.717, 1.165) is 11.3 Å². The molecular weight excluding hydrogens is 220 g/mol. The van der Waals surface area contributed by atoms with Crippen LogP contribution in [0.3, 0.4) is 0 Å². The van der Waals surface area contributed by atoms with Crippen molar-refractivity contribution in [1.82, 2.24) is 5.32 Å². The minimum Gasteiger partial charge on any atom is -0.497 e. The summed E-state index contributed by atoms with van der Waals surface area (Å²) >= 11 is 0. The van der Waals surface area contributed by atoms with Crippen LogP contribution in [0.4, 0.5) is 0 Å². The molecule has 5 nitrogen and oxygen atoms in total. The van der Waals surface area contributed by atoms with Gasteiger partial charge in [0.25, 0.3) is 0 Å². The van der Waals surface area contributed by atoms with E-state index in [2.05, 4.69) is 5.32 Å². The first-order chi connectivity index (χ1) is 8.04. The zero-order valence-electron chi connectivity index (χ0n) is 10.0. The van der Waals surface area contributed by atoms with E-state index in [4.69, 9.17) is 15.6 Å². The lowest BCUT2D eigenvalue weighted by Crippen LogP contribution is -2.41. The molecule has 0 saturated heterocycles. The molecule has 0 radical (unpaired) electrons. The number of benzene rings is 1. The van der Waals surface area contributed by atoms with Crippen LogP contribution >= 0.6 is 0 Å². The van der Waals surface area contributed by atoms with Gasteiger partial charge in [0.05, 0.1) is 7.11 Å². The Morgan fingerprint density at radius 1 is 1.59 bits per heavy atom. The van der Waals surface area contributed by atoms with Crippen molar-refractivity contribution in [2.75, 3.05) is 13.7 Å². The molecule has 0 amide bonds. The Morgan fingerprint density at radius 3 is 2.88 bits per heavy atom. The van der Waals surface area contributed by atoms with Gasteiger partial charge < -0.3 is 20.9 Å². The number of nitrogens with two attached hydrogens (primary N) is 1. The van der Waals surface area contributed by atoms with Gasteiger partial charge in [-0.05, 0) is 24.6 Å². The summed E-state index contributed by atoms with van der Waals surface area (Å²) in [5.74, 6) is -0.228. The molecule has 1 aromatic rings. The van der Waals surface area contributed by atoms with E-state index in [9.17, 15) is 4.79 Å². The standard InChI is InChI=1S/C12H18N2O3/c1-8(14-7-11(13)12(15)16)9-4-3-5-10(6-9)17-2/h3-6,8,11,14H,7,13H2,1-2H3,(H,15,16)/t8-,11?/m0/s1. The fourth-order valence-electron chi connectivity index (χ4n) is 1.42. The maximum Gasteiger partial charge on any atom is 0.321 e. The van der Waals surface area contributed by atoms with Crippen LogP contribution in [0.5, 0.6) is 5.75 Å². The Kier molecular flexibility index (Phi) is 4.93. The molecule has 0 fully saturated rings. The number of aliphatic carboxylic acids is 1. The minimum atomic E-state index is -1.00. The summed E-state index contributed by atoms with van der Waals surface area (Å²) < 4.78 is 5.12. The maximum absolute atomic E-state index is 10.6. The van der Waals surface area contributed by atoms with Crippen molar-refractivity contribution >= 4 is 5.97 Å².